The predicted molar refractivity (Wildman–Crippen MR) is 95.9 cm³/mol. The summed E-state index contributed by atoms with van der Waals surface area (Å²) in [6, 6.07) is 1.57. The highest BCUT2D eigenvalue weighted by Gasteiger charge is 2.47. The van der Waals surface area contributed by atoms with Gasteiger partial charge in [-0.1, -0.05) is 5.21 Å². The summed E-state index contributed by atoms with van der Waals surface area (Å²) in [7, 11) is 0. The lowest BCUT2D eigenvalue weighted by molar-refractivity contribution is 0.0117. The summed E-state index contributed by atoms with van der Waals surface area (Å²) in [6.07, 6.45) is 2.59. The molecule has 2 aliphatic rings. The lowest BCUT2D eigenvalue weighted by atomic mass is 10.1. The molecule has 0 aliphatic carbocycles. The molecule has 1 atom stereocenters. The molecule has 0 saturated carbocycles. The van der Waals surface area contributed by atoms with Gasteiger partial charge in [0, 0.05) is 25.1 Å². The fourth-order valence-electron chi connectivity index (χ4n) is 3.88. The highest BCUT2D eigenvalue weighted by Crippen LogP contribution is 2.34. The van der Waals surface area contributed by atoms with Gasteiger partial charge in [-0.15, -0.1) is 5.10 Å². The summed E-state index contributed by atoms with van der Waals surface area (Å²) in [5.41, 5.74) is -0.111. The molecule has 30 heavy (non-hydrogen) atoms. The first-order chi connectivity index (χ1) is 14.2. The Kier molecular flexibility index (Phi) is 5.20. The van der Waals surface area contributed by atoms with Crippen LogP contribution in [0.4, 0.5) is 17.6 Å². The number of hydrogen-bond donors (Lipinski definition) is 0. The summed E-state index contributed by atoms with van der Waals surface area (Å²) in [5, 5.41) is 7.67. The molecule has 2 aromatic rings. The SMILES string of the molecule is O=C(c1cn(C[C@@H]2CC(F)(F)CN2C(=O)c2ccc(F)c(F)c2)nn1)N1CCCC1. The summed E-state index contributed by atoms with van der Waals surface area (Å²) in [6.45, 7) is 0.323. The van der Waals surface area contributed by atoms with E-state index in [2.05, 4.69) is 10.3 Å². The van der Waals surface area contributed by atoms with Crippen LogP contribution in [0.2, 0.25) is 0 Å². The van der Waals surface area contributed by atoms with Crippen LogP contribution in [0.3, 0.4) is 0 Å². The molecule has 2 saturated heterocycles. The van der Waals surface area contributed by atoms with Gasteiger partial charge in [-0.05, 0) is 31.0 Å². The van der Waals surface area contributed by atoms with Crippen LogP contribution in [0.5, 0.6) is 0 Å². The minimum atomic E-state index is -3.13. The molecule has 0 spiro atoms. The first-order valence-electron chi connectivity index (χ1n) is 9.57. The van der Waals surface area contributed by atoms with E-state index in [1.165, 1.54) is 10.9 Å². The van der Waals surface area contributed by atoms with Crippen LogP contribution in [-0.2, 0) is 6.54 Å². The van der Waals surface area contributed by atoms with E-state index < -0.39 is 42.5 Å². The van der Waals surface area contributed by atoms with Gasteiger partial charge in [0.05, 0.1) is 25.3 Å². The third-order valence-electron chi connectivity index (χ3n) is 5.35. The molecular formula is C19H19F4N5O2. The maximum absolute atomic E-state index is 14.1. The van der Waals surface area contributed by atoms with E-state index in [1.807, 2.05) is 0 Å². The Balaban J connectivity index is 1.51. The highest BCUT2D eigenvalue weighted by molar-refractivity contribution is 5.94. The first-order valence-corrected chi connectivity index (χ1v) is 9.57. The number of likely N-dealkylation sites (tertiary alicyclic amines) is 2. The molecule has 7 nitrogen and oxygen atoms in total. The maximum Gasteiger partial charge on any atom is 0.276 e. The van der Waals surface area contributed by atoms with E-state index in [4.69, 9.17) is 0 Å². The van der Waals surface area contributed by atoms with Crippen molar-refractivity contribution in [2.24, 2.45) is 0 Å². The number of halogens is 4. The minimum Gasteiger partial charge on any atom is -0.337 e. The van der Waals surface area contributed by atoms with E-state index in [0.717, 1.165) is 29.9 Å². The number of alkyl halides is 2. The van der Waals surface area contributed by atoms with Gasteiger partial charge >= 0.3 is 0 Å². The molecule has 2 fully saturated rings. The standard InChI is InChI=1S/C19H19F4N5O2/c20-14-4-3-12(7-15(14)21)17(29)28-11-19(22,23)8-13(28)9-27-10-16(24-25-27)18(30)26-5-1-2-6-26/h3-4,7,10,13H,1-2,5-6,8-9,11H2/t13-/m0/s1. The number of rotatable bonds is 4. The van der Waals surface area contributed by atoms with Gasteiger partial charge < -0.3 is 9.80 Å². The van der Waals surface area contributed by atoms with Gasteiger partial charge in [-0.2, -0.15) is 0 Å². The smallest absolute Gasteiger partial charge is 0.276 e. The van der Waals surface area contributed by atoms with E-state index in [9.17, 15) is 27.2 Å². The lowest BCUT2D eigenvalue weighted by Crippen LogP contribution is -2.39. The number of nitrogens with zero attached hydrogens (tertiary/aromatic N) is 5. The average Bonchev–Trinajstić information content (AvgIpc) is 3.43. The second kappa shape index (κ2) is 7.69. The van der Waals surface area contributed by atoms with Gasteiger partial charge in [0.1, 0.15) is 0 Å². The van der Waals surface area contributed by atoms with Crippen molar-refractivity contribution >= 4 is 11.8 Å². The van der Waals surface area contributed by atoms with E-state index >= 15 is 0 Å². The van der Waals surface area contributed by atoms with Crippen LogP contribution >= 0.6 is 0 Å². The molecule has 3 heterocycles. The molecular weight excluding hydrogens is 406 g/mol. The molecule has 2 amide bonds. The maximum atomic E-state index is 14.1. The van der Waals surface area contributed by atoms with E-state index in [1.54, 1.807) is 4.90 Å². The van der Waals surface area contributed by atoms with Gasteiger partial charge in [0.15, 0.2) is 17.3 Å². The average molecular weight is 425 g/mol. The van der Waals surface area contributed by atoms with Crippen molar-refractivity contribution in [3.63, 3.8) is 0 Å². The van der Waals surface area contributed by atoms with E-state index in [0.29, 0.717) is 19.2 Å². The Morgan fingerprint density at radius 1 is 1.10 bits per heavy atom. The van der Waals surface area contributed by atoms with Crippen LogP contribution < -0.4 is 0 Å². The van der Waals surface area contributed by atoms with Crippen molar-refractivity contribution in [3.05, 3.63) is 47.3 Å². The molecule has 11 heteroatoms. The van der Waals surface area contributed by atoms with Crippen molar-refractivity contribution in [1.82, 2.24) is 24.8 Å². The van der Waals surface area contributed by atoms with Crippen LogP contribution in [0.15, 0.2) is 24.4 Å². The molecule has 1 aromatic carbocycles. The summed E-state index contributed by atoms with van der Waals surface area (Å²) in [5.74, 6) is -6.60. The molecule has 0 radical (unpaired) electrons. The number of carbonyl (C=O) groups excluding carboxylic acids is 2. The summed E-state index contributed by atoms with van der Waals surface area (Å²) in [4.78, 5) is 27.6. The Labute approximate surface area is 169 Å². The van der Waals surface area contributed by atoms with Crippen molar-refractivity contribution in [3.8, 4) is 0 Å². The zero-order valence-electron chi connectivity index (χ0n) is 15.9. The Bertz CT molecular complexity index is 974. The molecule has 1 aromatic heterocycles. The molecule has 160 valence electrons. The normalized spacial score (nSPS) is 20.7. The van der Waals surface area contributed by atoms with Gasteiger partial charge in [0.25, 0.3) is 17.7 Å². The third kappa shape index (κ3) is 4.01. The van der Waals surface area contributed by atoms with Crippen LogP contribution in [0.25, 0.3) is 0 Å². The van der Waals surface area contributed by atoms with Crippen LogP contribution in [-0.4, -0.2) is 68.2 Å². The number of amides is 2. The van der Waals surface area contributed by atoms with Gasteiger partial charge in [-0.3, -0.25) is 9.59 Å². The Morgan fingerprint density at radius 3 is 2.53 bits per heavy atom. The Hall–Kier alpha value is -2.98. The molecule has 0 N–H and O–H groups in total. The topological polar surface area (TPSA) is 71.3 Å². The fraction of sp³-hybridized carbons (Fsp3) is 0.474. The molecule has 2 aliphatic heterocycles. The van der Waals surface area contributed by atoms with Crippen LogP contribution in [0, 0.1) is 11.6 Å². The second-order valence-corrected chi connectivity index (χ2v) is 7.60. The molecule has 0 bridgehead atoms. The zero-order valence-corrected chi connectivity index (χ0v) is 15.9. The van der Waals surface area contributed by atoms with Crippen molar-refractivity contribution < 1.29 is 27.2 Å². The van der Waals surface area contributed by atoms with Crippen molar-refractivity contribution in [1.29, 1.82) is 0 Å². The number of benzene rings is 1. The minimum absolute atomic E-state index is 0.106. The number of hydrogen-bond acceptors (Lipinski definition) is 4. The van der Waals surface area contributed by atoms with Crippen molar-refractivity contribution in [2.75, 3.05) is 19.6 Å². The highest BCUT2D eigenvalue weighted by atomic mass is 19.3. The number of carbonyl (C=O) groups is 2. The largest absolute Gasteiger partial charge is 0.337 e. The predicted octanol–water partition coefficient (Wildman–Crippen LogP) is 2.34. The van der Waals surface area contributed by atoms with Crippen molar-refractivity contribution in [2.45, 2.75) is 37.8 Å². The molecule has 4 rings (SSSR count). The Morgan fingerprint density at radius 2 is 1.83 bits per heavy atom. The summed E-state index contributed by atoms with van der Waals surface area (Å²) >= 11 is 0. The third-order valence-corrected chi connectivity index (χ3v) is 5.35. The van der Waals surface area contributed by atoms with Crippen LogP contribution in [0.1, 0.15) is 40.1 Å². The van der Waals surface area contributed by atoms with Gasteiger partial charge in [0.2, 0.25) is 0 Å². The monoisotopic (exact) mass is 425 g/mol. The lowest BCUT2D eigenvalue weighted by Gasteiger charge is -2.23. The fourth-order valence-corrected chi connectivity index (χ4v) is 3.88. The quantitative estimate of drug-likeness (QED) is 0.706. The summed E-state index contributed by atoms with van der Waals surface area (Å²) < 4.78 is 56.0. The first kappa shape index (κ1) is 20.3. The van der Waals surface area contributed by atoms with Gasteiger partial charge in [-0.25, -0.2) is 22.2 Å². The van der Waals surface area contributed by atoms with E-state index in [-0.39, 0.29) is 23.7 Å². The number of aromatic nitrogens is 3. The molecule has 0 unspecified atom stereocenters. The second-order valence-electron chi connectivity index (χ2n) is 7.60. The zero-order chi connectivity index (χ0) is 21.5.